The number of aliphatic hydroxyl groups excluding tert-OH is 1. The summed E-state index contributed by atoms with van der Waals surface area (Å²) in [5.74, 6) is 0. The first kappa shape index (κ1) is 11.8. The third kappa shape index (κ3) is 2.71. The summed E-state index contributed by atoms with van der Waals surface area (Å²) in [6, 6.07) is 9.98. The van der Waals surface area contributed by atoms with Crippen LogP contribution in [0.25, 0.3) is 0 Å². The second-order valence-corrected chi connectivity index (χ2v) is 4.38. The molecule has 0 fully saturated rings. The van der Waals surface area contributed by atoms with Gasteiger partial charge >= 0.3 is 0 Å². The Bertz CT molecular complexity index is 473. The van der Waals surface area contributed by atoms with E-state index >= 15 is 0 Å². The third-order valence-corrected chi connectivity index (χ3v) is 3.05. The van der Waals surface area contributed by atoms with Crippen LogP contribution in [-0.4, -0.2) is 10.1 Å². The average molecular weight is 227 g/mol. The van der Waals surface area contributed by atoms with Crippen LogP contribution in [-0.2, 0) is 6.42 Å². The number of benzene rings is 1. The van der Waals surface area contributed by atoms with E-state index in [-0.39, 0.29) is 0 Å². The number of hydrogen-bond acceptors (Lipinski definition) is 2. The van der Waals surface area contributed by atoms with Crippen LogP contribution in [0.2, 0.25) is 0 Å². The van der Waals surface area contributed by atoms with Crippen molar-refractivity contribution < 1.29 is 5.11 Å². The molecule has 2 nitrogen and oxygen atoms in total. The molecule has 1 aromatic heterocycles. The zero-order chi connectivity index (χ0) is 12.3. The van der Waals surface area contributed by atoms with Gasteiger partial charge in [0.25, 0.3) is 0 Å². The predicted molar refractivity (Wildman–Crippen MR) is 68.8 cm³/mol. The van der Waals surface area contributed by atoms with Crippen LogP contribution < -0.4 is 0 Å². The van der Waals surface area contributed by atoms with Gasteiger partial charge in [0.15, 0.2) is 0 Å². The lowest BCUT2D eigenvalue weighted by Gasteiger charge is -2.16. The van der Waals surface area contributed by atoms with E-state index in [0.717, 1.165) is 22.3 Å². The zero-order valence-electron chi connectivity index (χ0n) is 10.2. The second kappa shape index (κ2) is 5.11. The van der Waals surface area contributed by atoms with Crippen molar-refractivity contribution in [1.82, 2.24) is 4.98 Å². The van der Waals surface area contributed by atoms with Crippen molar-refractivity contribution in [2.24, 2.45) is 0 Å². The molecular formula is C15H17NO. The summed E-state index contributed by atoms with van der Waals surface area (Å²) in [6.07, 6.45) is 3.70. The van der Waals surface area contributed by atoms with E-state index in [9.17, 15) is 5.11 Å². The monoisotopic (exact) mass is 227 g/mol. The molecule has 1 heterocycles. The summed E-state index contributed by atoms with van der Waals surface area (Å²) in [5, 5.41) is 10.3. The molecule has 1 N–H and O–H groups in total. The highest BCUT2D eigenvalue weighted by Crippen LogP contribution is 2.24. The van der Waals surface area contributed by atoms with Crippen molar-refractivity contribution in [3.05, 3.63) is 65.0 Å². The fourth-order valence-electron chi connectivity index (χ4n) is 2.20. The average Bonchev–Trinajstić information content (AvgIpc) is 2.30. The molecule has 0 amide bonds. The van der Waals surface area contributed by atoms with Crippen molar-refractivity contribution in [1.29, 1.82) is 0 Å². The summed E-state index contributed by atoms with van der Waals surface area (Å²) < 4.78 is 0. The molecule has 0 saturated carbocycles. The van der Waals surface area contributed by atoms with Gasteiger partial charge in [-0.2, -0.15) is 0 Å². The Balaban J connectivity index is 2.23. The molecule has 1 unspecified atom stereocenters. The molecule has 0 saturated heterocycles. The maximum Gasteiger partial charge on any atom is 0.0835 e. The van der Waals surface area contributed by atoms with Crippen LogP contribution in [0, 0.1) is 13.8 Å². The van der Waals surface area contributed by atoms with Crippen LogP contribution in [0.1, 0.15) is 28.4 Å². The molecule has 17 heavy (non-hydrogen) atoms. The Labute approximate surface area is 102 Å². The smallest absolute Gasteiger partial charge is 0.0835 e. The summed E-state index contributed by atoms with van der Waals surface area (Å²) >= 11 is 0. The van der Waals surface area contributed by atoms with Crippen molar-refractivity contribution in [2.75, 3.05) is 0 Å². The van der Waals surface area contributed by atoms with Gasteiger partial charge in [0, 0.05) is 18.8 Å². The lowest BCUT2D eigenvalue weighted by molar-refractivity contribution is 0.177. The number of hydrogen-bond donors (Lipinski definition) is 1. The molecule has 88 valence electrons. The van der Waals surface area contributed by atoms with Gasteiger partial charge < -0.3 is 5.11 Å². The number of aryl methyl sites for hydroxylation is 2. The normalized spacial score (nSPS) is 12.4. The molecular weight excluding hydrogens is 210 g/mol. The third-order valence-electron chi connectivity index (χ3n) is 3.05. The van der Waals surface area contributed by atoms with Gasteiger partial charge in [-0.1, -0.05) is 18.2 Å². The van der Waals surface area contributed by atoms with Gasteiger partial charge in [-0.15, -0.1) is 0 Å². The lowest BCUT2D eigenvalue weighted by atomic mass is 9.94. The summed E-state index contributed by atoms with van der Waals surface area (Å²) in [7, 11) is 0. The highest BCUT2D eigenvalue weighted by atomic mass is 16.3. The van der Waals surface area contributed by atoms with Crippen molar-refractivity contribution in [3.8, 4) is 0 Å². The maximum absolute atomic E-state index is 10.3. The molecule has 0 aliphatic carbocycles. The Morgan fingerprint density at radius 1 is 1.06 bits per heavy atom. The largest absolute Gasteiger partial charge is 0.388 e. The molecule has 0 bridgehead atoms. The number of pyridine rings is 1. The van der Waals surface area contributed by atoms with Crippen LogP contribution in [0.15, 0.2) is 42.7 Å². The minimum atomic E-state index is -0.446. The standard InChI is InChI=1S/C15H17NO/c1-11-4-3-5-12(2)15(11)14(17)10-13-6-8-16-9-7-13/h3-9,14,17H,10H2,1-2H3. The van der Waals surface area contributed by atoms with Gasteiger partial charge in [0.1, 0.15) is 0 Å². The Morgan fingerprint density at radius 3 is 2.24 bits per heavy atom. The van der Waals surface area contributed by atoms with E-state index in [0.29, 0.717) is 6.42 Å². The molecule has 2 rings (SSSR count). The molecule has 0 spiro atoms. The molecule has 0 aliphatic heterocycles. The summed E-state index contributed by atoms with van der Waals surface area (Å²) in [4.78, 5) is 3.98. The van der Waals surface area contributed by atoms with E-state index in [4.69, 9.17) is 0 Å². The number of rotatable bonds is 3. The van der Waals surface area contributed by atoms with Gasteiger partial charge in [0.05, 0.1) is 6.10 Å². The van der Waals surface area contributed by atoms with Crippen LogP contribution in [0.4, 0.5) is 0 Å². The van der Waals surface area contributed by atoms with E-state index < -0.39 is 6.10 Å². The number of aromatic nitrogens is 1. The molecule has 2 aromatic rings. The maximum atomic E-state index is 10.3. The quantitative estimate of drug-likeness (QED) is 0.874. The summed E-state index contributed by atoms with van der Waals surface area (Å²) in [5.41, 5.74) is 4.44. The molecule has 2 heteroatoms. The molecule has 1 atom stereocenters. The number of nitrogens with zero attached hydrogens (tertiary/aromatic N) is 1. The first-order chi connectivity index (χ1) is 8.18. The van der Waals surface area contributed by atoms with Gasteiger partial charge in [-0.05, 0) is 48.2 Å². The minimum Gasteiger partial charge on any atom is -0.388 e. The van der Waals surface area contributed by atoms with Crippen LogP contribution in [0.5, 0.6) is 0 Å². The first-order valence-electron chi connectivity index (χ1n) is 5.81. The van der Waals surface area contributed by atoms with E-state index in [1.54, 1.807) is 12.4 Å². The second-order valence-electron chi connectivity index (χ2n) is 4.38. The predicted octanol–water partition coefficient (Wildman–Crippen LogP) is 2.97. The van der Waals surface area contributed by atoms with E-state index in [1.165, 1.54) is 0 Å². The molecule has 0 radical (unpaired) electrons. The van der Waals surface area contributed by atoms with Gasteiger partial charge in [-0.3, -0.25) is 4.98 Å². The van der Waals surface area contributed by atoms with Gasteiger partial charge in [0.2, 0.25) is 0 Å². The Kier molecular flexibility index (Phi) is 3.55. The van der Waals surface area contributed by atoms with Crippen LogP contribution >= 0.6 is 0 Å². The SMILES string of the molecule is Cc1cccc(C)c1C(O)Cc1ccncc1. The van der Waals surface area contributed by atoms with Crippen molar-refractivity contribution in [2.45, 2.75) is 26.4 Å². The van der Waals surface area contributed by atoms with Crippen molar-refractivity contribution in [3.63, 3.8) is 0 Å². The highest BCUT2D eigenvalue weighted by molar-refractivity contribution is 5.36. The van der Waals surface area contributed by atoms with Crippen LogP contribution in [0.3, 0.4) is 0 Å². The zero-order valence-corrected chi connectivity index (χ0v) is 10.2. The fourth-order valence-corrected chi connectivity index (χ4v) is 2.20. The van der Waals surface area contributed by atoms with E-state index in [2.05, 4.69) is 4.98 Å². The fraction of sp³-hybridized carbons (Fsp3) is 0.267. The molecule has 1 aromatic carbocycles. The van der Waals surface area contributed by atoms with E-state index in [1.807, 2.05) is 44.2 Å². The molecule has 0 aliphatic rings. The minimum absolute atomic E-state index is 0.446. The lowest BCUT2D eigenvalue weighted by Crippen LogP contribution is -2.06. The topological polar surface area (TPSA) is 33.1 Å². The first-order valence-corrected chi connectivity index (χ1v) is 5.81. The Hall–Kier alpha value is -1.67. The highest BCUT2D eigenvalue weighted by Gasteiger charge is 2.13. The summed E-state index contributed by atoms with van der Waals surface area (Å²) in [6.45, 7) is 4.08. The van der Waals surface area contributed by atoms with Gasteiger partial charge in [-0.25, -0.2) is 0 Å². The Morgan fingerprint density at radius 2 is 1.65 bits per heavy atom. The number of aliphatic hydroxyl groups is 1. The van der Waals surface area contributed by atoms with Crippen molar-refractivity contribution >= 4 is 0 Å².